The van der Waals surface area contributed by atoms with Gasteiger partial charge in [-0.05, 0) is 67.5 Å². The molecule has 0 atom stereocenters. The molecule has 0 radical (unpaired) electrons. The summed E-state index contributed by atoms with van der Waals surface area (Å²) in [6, 6.07) is 4.02. The minimum Gasteiger partial charge on any atom is -0.297 e. The SMILES string of the molecule is Cc1sc(C=O)cc1C1=C(c2cc(C=O)sc2C)CCC1. The van der Waals surface area contributed by atoms with Gasteiger partial charge in [-0.15, -0.1) is 22.7 Å². The molecule has 1 aliphatic rings. The Bertz CT molecular complexity index is 685. The molecule has 2 aromatic heterocycles. The Balaban J connectivity index is 2.13. The van der Waals surface area contributed by atoms with Gasteiger partial charge in [-0.2, -0.15) is 0 Å². The summed E-state index contributed by atoms with van der Waals surface area (Å²) in [6.45, 7) is 4.15. The monoisotopic (exact) mass is 316 g/mol. The van der Waals surface area contributed by atoms with Crippen molar-refractivity contribution < 1.29 is 9.59 Å². The third kappa shape index (κ3) is 2.54. The van der Waals surface area contributed by atoms with Crippen LogP contribution in [0.2, 0.25) is 0 Å². The molecule has 1 aliphatic carbocycles. The van der Waals surface area contributed by atoms with Crippen LogP contribution >= 0.6 is 22.7 Å². The number of aryl methyl sites for hydroxylation is 2. The Morgan fingerprint density at radius 1 is 0.857 bits per heavy atom. The minimum absolute atomic E-state index is 0.789. The highest BCUT2D eigenvalue weighted by Gasteiger charge is 2.22. The standard InChI is InChI=1S/C17H16O2S2/c1-10-16(6-12(8-18)20-10)14-4-3-5-15(14)17-7-13(9-19)21-11(17)2/h6-9H,3-5H2,1-2H3. The lowest BCUT2D eigenvalue weighted by Gasteiger charge is -2.07. The molecule has 2 nitrogen and oxygen atoms in total. The molecule has 0 saturated carbocycles. The van der Waals surface area contributed by atoms with Gasteiger partial charge in [0.1, 0.15) is 0 Å². The molecule has 0 aromatic carbocycles. The minimum atomic E-state index is 0.789. The third-order valence-corrected chi connectivity index (χ3v) is 5.93. The van der Waals surface area contributed by atoms with Crippen LogP contribution in [0.4, 0.5) is 0 Å². The number of hydrogen-bond acceptors (Lipinski definition) is 4. The third-order valence-electron chi connectivity index (χ3n) is 3.97. The second-order valence-corrected chi connectivity index (χ2v) is 7.86. The Hall–Kier alpha value is -1.52. The number of rotatable bonds is 4. The van der Waals surface area contributed by atoms with Gasteiger partial charge in [-0.1, -0.05) is 0 Å². The number of aldehydes is 2. The molecule has 21 heavy (non-hydrogen) atoms. The van der Waals surface area contributed by atoms with Crippen LogP contribution in [0.25, 0.3) is 11.1 Å². The summed E-state index contributed by atoms with van der Waals surface area (Å²) in [5.74, 6) is 0. The number of hydrogen-bond donors (Lipinski definition) is 0. The van der Waals surface area contributed by atoms with E-state index in [9.17, 15) is 9.59 Å². The molecule has 2 aromatic rings. The average molecular weight is 316 g/mol. The molecule has 2 heterocycles. The summed E-state index contributed by atoms with van der Waals surface area (Å²) in [6.07, 6.45) is 5.10. The van der Waals surface area contributed by atoms with Gasteiger partial charge in [-0.25, -0.2) is 0 Å². The van der Waals surface area contributed by atoms with Crippen LogP contribution in [0.1, 0.15) is 59.5 Å². The van der Waals surface area contributed by atoms with E-state index in [-0.39, 0.29) is 0 Å². The fourth-order valence-electron chi connectivity index (χ4n) is 3.06. The quantitative estimate of drug-likeness (QED) is 0.731. The molecule has 0 bridgehead atoms. The highest BCUT2D eigenvalue weighted by molar-refractivity contribution is 7.14. The first-order valence-corrected chi connectivity index (χ1v) is 8.61. The van der Waals surface area contributed by atoms with Crippen LogP contribution in [-0.4, -0.2) is 12.6 Å². The smallest absolute Gasteiger partial charge is 0.160 e. The van der Waals surface area contributed by atoms with Gasteiger partial charge in [-0.3, -0.25) is 9.59 Å². The summed E-state index contributed by atoms with van der Waals surface area (Å²) in [5, 5.41) is 0. The van der Waals surface area contributed by atoms with Gasteiger partial charge in [0.05, 0.1) is 9.75 Å². The van der Waals surface area contributed by atoms with Crippen molar-refractivity contribution in [2.75, 3.05) is 0 Å². The maximum Gasteiger partial charge on any atom is 0.160 e. The molecule has 0 spiro atoms. The zero-order valence-corrected chi connectivity index (χ0v) is 13.7. The van der Waals surface area contributed by atoms with E-state index in [0.717, 1.165) is 41.6 Å². The summed E-state index contributed by atoms with van der Waals surface area (Å²) < 4.78 is 0. The molecular weight excluding hydrogens is 300 g/mol. The lowest BCUT2D eigenvalue weighted by molar-refractivity contribution is 0.111. The Morgan fingerprint density at radius 3 is 1.62 bits per heavy atom. The molecule has 0 saturated heterocycles. The van der Waals surface area contributed by atoms with Crippen molar-refractivity contribution in [1.29, 1.82) is 0 Å². The molecule has 3 rings (SSSR count). The van der Waals surface area contributed by atoms with E-state index < -0.39 is 0 Å². The molecule has 0 unspecified atom stereocenters. The number of allylic oxidation sites excluding steroid dienone is 2. The summed E-state index contributed by atoms with van der Waals surface area (Å²) in [5.41, 5.74) is 5.14. The van der Waals surface area contributed by atoms with Gasteiger partial charge in [0, 0.05) is 9.75 Å². The van der Waals surface area contributed by atoms with E-state index in [1.807, 2.05) is 12.1 Å². The van der Waals surface area contributed by atoms with Crippen molar-refractivity contribution in [1.82, 2.24) is 0 Å². The lowest BCUT2D eigenvalue weighted by Crippen LogP contribution is -1.86. The van der Waals surface area contributed by atoms with Crippen molar-refractivity contribution >= 4 is 46.4 Å². The normalized spacial score (nSPS) is 14.8. The fourth-order valence-corrected chi connectivity index (χ4v) is 4.80. The van der Waals surface area contributed by atoms with Gasteiger partial charge in [0.25, 0.3) is 0 Å². The van der Waals surface area contributed by atoms with Crippen LogP contribution in [-0.2, 0) is 0 Å². The van der Waals surface area contributed by atoms with Crippen molar-refractivity contribution in [3.8, 4) is 0 Å². The average Bonchev–Trinajstić information content (AvgIpc) is 3.16. The first-order valence-electron chi connectivity index (χ1n) is 6.98. The maximum atomic E-state index is 11.0. The molecule has 108 valence electrons. The van der Waals surface area contributed by atoms with Crippen molar-refractivity contribution in [2.24, 2.45) is 0 Å². The predicted octanol–water partition coefficient (Wildman–Crippen LogP) is 5.15. The summed E-state index contributed by atoms with van der Waals surface area (Å²) in [4.78, 5) is 26.0. The van der Waals surface area contributed by atoms with E-state index in [1.54, 1.807) is 22.7 Å². The van der Waals surface area contributed by atoms with E-state index in [4.69, 9.17) is 0 Å². The molecule has 0 amide bonds. The number of thiophene rings is 2. The Kier molecular flexibility index (Phi) is 3.91. The molecular formula is C17H16O2S2. The van der Waals surface area contributed by atoms with Crippen LogP contribution in [0.5, 0.6) is 0 Å². The second-order valence-electron chi connectivity index (χ2n) is 5.28. The van der Waals surface area contributed by atoms with E-state index in [1.165, 1.54) is 32.0 Å². The maximum absolute atomic E-state index is 11.0. The van der Waals surface area contributed by atoms with E-state index in [0.29, 0.717) is 0 Å². The fraction of sp³-hybridized carbons (Fsp3) is 0.294. The molecule has 0 aliphatic heterocycles. The Labute approximate surface area is 132 Å². The van der Waals surface area contributed by atoms with Gasteiger partial charge < -0.3 is 0 Å². The summed E-state index contributed by atoms with van der Waals surface area (Å²) in [7, 11) is 0. The van der Waals surface area contributed by atoms with Gasteiger partial charge in [0.2, 0.25) is 0 Å². The number of carbonyl (C=O) groups excluding carboxylic acids is 2. The summed E-state index contributed by atoms with van der Waals surface area (Å²) >= 11 is 3.11. The first-order chi connectivity index (χ1) is 10.1. The zero-order valence-electron chi connectivity index (χ0n) is 12.1. The van der Waals surface area contributed by atoms with E-state index >= 15 is 0 Å². The largest absolute Gasteiger partial charge is 0.297 e. The molecule has 4 heteroatoms. The van der Waals surface area contributed by atoms with Crippen LogP contribution < -0.4 is 0 Å². The van der Waals surface area contributed by atoms with Gasteiger partial charge >= 0.3 is 0 Å². The van der Waals surface area contributed by atoms with Crippen molar-refractivity contribution in [3.63, 3.8) is 0 Å². The zero-order chi connectivity index (χ0) is 15.0. The van der Waals surface area contributed by atoms with Crippen LogP contribution in [0.15, 0.2) is 12.1 Å². The van der Waals surface area contributed by atoms with Crippen molar-refractivity contribution in [2.45, 2.75) is 33.1 Å². The van der Waals surface area contributed by atoms with Gasteiger partial charge in [0.15, 0.2) is 12.6 Å². The van der Waals surface area contributed by atoms with Crippen LogP contribution in [0.3, 0.4) is 0 Å². The highest BCUT2D eigenvalue weighted by atomic mass is 32.1. The molecule has 0 fully saturated rings. The highest BCUT2D eigenvalue weighted by Crippen LogP contribution is 2.44. The first kappa shape index (κ1) is 14.4. The topological polar surface area (TPSA) is 34.1 Å². The number of carbonyl (C=O) groups is 2. The van der Waals surface area contributed by atoms with Crippen molar-refractivity contribution in [3.05, 3.63) is 42.8 Å². The Morgan fingerprint density at radius 2 is 1.29 bits per heavy atom. The molecule has 0 N–H and O–H groups in total. The van der Waals surface area contributed by atoms with Crippen LogP contribution in [0, 0.1) is 13.8 Å². The van der Waals surface area contributed by atoms with E-state index in [2.05, 4.69) is 13.8 Å². The second kappa shape index (κ2) is 5.70. The predicted molar refractivity (Wildman–Crippen MR) is 89.6 cm³/mol. The lowest BCUT2D eigenvalue weighted by atomic mass is 9.97.